The van der Waals surface area contributed by atoms with E-state index < -0.39 is 0 Å². The molecule has 12 heavy (non-hydrogen) atoms. The van der Waals surface area contributed by atoms with Crippen molar-refractivity contribution in [2.75, 3.05) is 13.1 Å². The molecule has 0 bridgehead atoms. The zero-order valence-electron chi connectivity index (χ0n) is 8.21. The van der Waals surface area contributed by atoms with Crippen molar-refractivity contribution in [3.05, 3.63) is 0 Å². The first-order valence-corrected chi connectivity index (χ1v) is 5.07. The lowest BCUT2D eigenvalue weighted by Crippen LogP contribution is -2.28. The molecule has 2 nitrogen and oxygen atoms in total. The van der Waals surface area contributed by atoms with Gasteiger partial charge in [-0.1, -0.05) is 13.3 Å². The van der Waals surface area contributed by atoms with Crippen LogP contribution in [0.3, 0.4) is 0 Å². The van der Waals surface area contributed by atoms with Gasteiger partial charge < -0.3 is 10.4 Å². The highest BCUT2D eigenvalue weighted by molar-refractivity contribution is 4.74. The highest BCUT2D eigenvalue weighted by Crippen LogP contribution is 2.29. The Morgan fingerprint density at radius 3 is 2.75 bits per heavy atom. The predicted molar refractivity (Wildman–Crippen MR) is 51.1 cm³/mol. The van der Waals surface area contributed by atoms with Crippen molar-refractivity contribution in [3.8, 4) is 0 Å². The quantitative estimate of drug-likeness (QED) is 0.670. The summed E-state index contributed by atoms with van der Waals surface area (Å²) in [4.78, 5) is 0. The molecule has 1 saturated carbocycles. The third-order valence-electron chi connectivity index (χ3n) is 2.68. The van der Waals surface area contributed by atoms with Crippen LogP contribution in [-0.2, 0) is 0 Å². The van der Waals surface area contributed by atoms with Gasteiger partial charge in [-0.15, -0.1) is 0 Å². The molecule has 0 saturated heterocycles. The van der Waals surface area contributed by atoms with Crippen molar-refractivity contribution >= 4 is 0 Å². The Bertz CT molecular complexity index is 125. The molecule has 2 N–H and O–H groups in total. The standard InChI is InChI=1S/C10H21NO/c1-8-3-4-10(5-8)7-11-6-9(2)12/h8-12H,3-7H2,1-2H3/t8?,9-,10?/m1/s1. The third kappa shape index (κ3) is 3.55. The molecule has 1 aliphatic rings. The molecule has 1 rings (SSSR count). The van der Waals surface area contributed by atoms with Gasteiger partial charge >= 0.3 is 0 Å². The van der Waals surface area contributed by atoms with Crippen molar-refractivity contribution in [1.29, 1.82) is 0 Å². The molecule has 0 heterocycles. The lowest BCUT2D eigenvalue weighted by molar-refractivity contribution is 0.189. The fraction of sp³-hybridized carbons (Fsp3) is 1.00. The zero-order valence-corrected chi connectivity index (χ0v) is 8.21. The molecular formula is C10H21NO. The molecule has 2 heteroatoms. The second kappa shape index (κ2) is 4.83. The van der Waals surface area contributed by atoms with Gasteiger partial charge in [0.2, 0.25) is 0 Å². The molecule has 0 aromatic heterocycles. The Morgan fingerprint density at radius 2 is 2.25 bits per heavy atom. The molecule has 0 amide bonds. The molecule has 0 spiro atoms. The van der Waals surface area contributed by atoms with Gasteiger partial charge in [0.05, 0.1) is 6.10 Å². The Labute approximate surface area is 75.4 Å². The van der Waals surface area contributed by atoms with Crippen molar-refractivity contribution in [2.45, 2.75) is 39.2 Å². The van der Waals surface area contributed by atoms with Gasteiger partial charge in [0.25, 0.3) is 0 Å². The zero-order chi connectivity index (χ0) is 8.97. The lowest BCUT2D eigenvalue weighted by atomic mass is 10.1. The lowest BCUT2D eigenvalue weighted by Gasteiger charge is -2.11. The van der Waals surface area contributed by atoms with Gasteiger partial charge in [-0.3, -0.25) is 0 Å². The van der Waals surface area contributed by atoms with Gasteiger partial charge in [-0.2, -0.15) is 0 Å². The van der Waals surface area contributed by atoms with E-state index in [0.29, 0.717) is 0 Å². The molecule has 1 fully saturated rings. The second-order valence-corrected chi connectivity index (χ2v) is 4.29. The van der Waals surface area contributed by atoms with Gasteiger partial charge in [-0.25, -0.2) is 0 Å². The van der Waals surface area contributed by atoms with Gasteiger partial charge in [0.1, 0.15) is 0 Å². The van der Waals surface area contributed by atoms with Crippen LogP contribution in [-0.4, -0.2) is 24.3 Å². The SMILES string of the molecule is CC1CCC(CNC[C@@H](C)O)C1. The molecule has 72 valence electrons. The van der Waals surface area contributed by atoms with Crippen molar-refractivity contribution < 1.29 is 5.11 Å². The molecule has 0 aromatic rings. The largest absolute Gasteiger partial charge is 0.392 e. The number of rotatable bonds is 4. The van der Waals surface area contributed by atoms with Crippen molar-refractivity contribution in [3.63, 3.8) is 0 Å². The minimum Gasteiger partial charge on any atom is -0.392 e. The molecule has 0 aromatic carbocycles. The van der Waals surface area contributed by atoms with Gasteiger partial charge in [0, 0.05) is 6.54 Å². The number of nitrogens with one attached hydrogen (secondary N) is 1. The summed E-state index contributed by atoms with van der Waals surface area (Å²) in [6.45, 7) is 5.99. The fourth-order valence-corrected chi connectivity index (χ4v) is 2.01. The molecular weight excluding hydrogens is 150 g/mol. The third-order valence-corrected chi connectivity index (χ3v) is 2.68. The second-order valence-electron chi connectivity index (χ2n) is 4.29. The summed E-state index contributed by atoms with van der Waals surface area (Å²) < 4.78 is 0. The summed E-state index contributed by atoms with van der Waals surface area (Å²) in [7, 11) is 0. The molecule has 1 aliphatic carbocycles. The molecule has 0 radical (unpaired) electrons. The topological polar surface area (TPSA) is 32.3 Å². The van der Waals surface area contributed by atoms with Crippen LogP contribution in [0.2, 0.25) is 0 Å². The van der Waals surface area contributed by atoms with E-state index in [1.54, 1.807) is 0 Å². The Balaban J connectivity index is 2.00. The smallest absolute Gasteiger partial charge is 0.0636 e. The average Bonchev–Trinajstić information content (AvgIpc) is 2.35. The molecule has 0 aliphatic heterocycles. The summed E-state index contributed by atoms with van der Waals surface area (Å²) in [5, 5.41) is 12.3. The summed E-state index contributed by atoms with van der Waals surface area (Å²) in [6.07, 6.45) is 3.92. The average molecular weight is 171 g/mol. The fourth-order valence-electron chi connectivity index (χ4n) is 2.01. The number of hydrogen-bond donors (Lipinski definition) is 2. The van der Waals surface area contributed by atoms with E-state index in [9.17, 15) is 0 Å². The summed E-state index contributed by atoms with van der Waals surface area (Å²) in [5.41, 5.74) is 0. The van der Waals surface area contributed by atoms with Crippen molar-refractivity contribution in [1.82, 2.24) is 5.32 Å². The highest BCUT2D eigenvalue weighted by Gasteiger charge is 2.20. The van der Waals surface area contributed by atoms with E-state index in [1.165, 1.54) is 19.3 Å². The van der Waals surface area contributed by atoms with Gasteiger partial charge in [-0.05, 0) is 38.1 Å². The van der Waals surface area contributed by atoms with E-state index in [0.717, 1.165) is 24.9 Å². The maximum Gasteiger partial charge on any atom is 0.0636 e. The van der Waals surface area contributed by atoms with E-state index in [4.69, 9.17) is 5.11 Å². The normalized spacial score (nSPS) is 32.2. The maximum absolute atomic E-state index is 9.02. The van der Waals surface area contributed by atoms with Crippen LogP contribution in [0.1, 0.15) is 33.1 Å². The maximum atomic E-state index is 9.02. The van der Waals surface area contributed by atoms with Crippen LogP contribution in [0, 0.1) is 11.8 Å². The highest BCUT2D eigenvalue weighted by atomic mass is 16.3. The van der Waals surface area contributed by atoms with E-state index in [2.05, 4.69) is 12.2 Å². The first-order chi connectivity index (χ1) is 5.68. The Hall–Kier alpha value is -0.0800. The van der Waals surface area contributed by atoms with Crippen LogP contribution in [0.15, 0.2) is 0 Å². The predicted octanol–water partition coefficient (Wildman–Crippen LogP) is 1.39. The molecule has 3 atom stereocenters. The summed E-state index contributed by atoms with van der Waals surface area (Å²) >= 11 is 0. The van der Waals surface area contributed by atoms with Crippen molar-refractivity contribution in [2.24, 2.45) is 11.8 Å². The Morgan fingerprint density at radius 1 is 1.50 bits per heavy atom. The van der Waals surface area contributed by atoms with E-state index in [1.807, 2.05) is 6.92 Å². The first-order valence-electron chi connectivity index (χ1n) is 5.07. The first kappa shape index (κ1) is 10.0. The monoisotopic (exact) mass is 171 g/mol. The minimum absolute atomic E-state index is 0.205. The van der Waals surface area contributed by atoms with Crippen LogP contribution >= 0.6 is 0 Å². The van der Waals surface area contributed by atoms with Crippen LogP contribution in [0.4, 0.5) is 0 Å². The number of aliphatic hydroxyl groups excluding tert-OH is 1. The van der Waals surface area contributed by atoms with Crippen LogP contribution < -0.4 is 5.32 Å². The van der Waals surface area contributed by atoms with E-state index in [-0.39, 0.29) is 6.10 Å². The minimum atomic E-state index is -0.205. The number of aliphatic hydroxyl groups is 1. The summed E-state index contributed by atoms with van der Waals surface area (Å²) in [6, 6.07) is 0. The van der Waals surface area contributed by atoms with Gasteiger partial charge in [0.15, 0.2) is 0 Å². The summed E-state index contributed by atoms with van der Waals surface area (Å²) in [5.74, 6) is 1.78. The number of hydrogen-bond acceptors (Lipinski definition) is 2. The molecule has 2 unspecified atom stereocenters. The van der Waals surface area contributed by atoms with E-state index >= 15 is 0 Å². The van der Waals surface area contributed by atoms with Crippen LogP contribution in [0.5, 0.6) is 0 Å². The Kier molecular flexibility index (Phi) is 4.02. The van der Waals surface area contributed by atoms with Crippen LogP contribution in [0.25, 0.3) is 0 Å².